The normalized spacial score (nSPS) is 20.0. The standard InChI is InChI=1S/C8H14N2/c1-2-10-8(5-6-8)4-3-7-9/h10H,2-6H2,1H3. The third kappa shape index (κ3) is 1.71. The monoisotopic (exact) mass is 138 g/mol. The second-order valence-electron chi connectivity index (χ2n) is 2.97. The van der Waals surface area contributed by atoms with E-state index in [-0.39, 0.29) is 0 Å². The molecule has 0 heterocycles. The molecule has 0 aliphatic heterocycles. The van der Waals surface area contributed by atoms with E-state index in [1.54, 1.807) is 0 Å². The van der Waals surface area contributed by atoms with Crippen molar-refractivity contribution in [3.05, 3.63) is 0 Å². The minimum Gasteiger partial charge on any atom is -0.311 e. The topological polar surface area (TPSA) is 35.8 Å². The van der Waals surface area contributed by atoms with Gasteiger partial charge in [-0.15, -0.1) is 0 Å². The minimum absolute atomic E-state index is 0.379. The van der Waals surface area contributed by atoms with Crippen LogP contribution in [0.25, 0.3) is 0 Å². The predicted molar refractivity (Wildman–Crippen MR) is 40.5 cm³/mol. The molecule has 0 radical (unpaired) electrons. The Labute approximate surface area is 62.2 Å². The lowest BCUT2D eigenvalue weighted by Crippen LogP contribution is -2.30. The first-order chi connectivity index (χ1) is 4.83. The van der Waals surface area contributed by atoms with Gasteiger partial charge < -0.3 is 5.32 Å². The van der Waals surface area contributed by atoms with Gasteiger partial charge in [0.05, 0.1) is 6.07 Å². The molecule has 0 saturated heterocycles. The molecule has 56 valence electrons. The molecule has 0 aromatic heterocycles. The van der Waals surface area contributed by atoms with Gasteiger partial charge in [0.1, 0.15) is 0 Å². The van der Waals surface area contributed by atoms with E-state index in [0.717, 1.165) is 13.0 Å². The van der Waals surface area contributed by atoms with E-state index in [0.29, 0.717) is 12.0 Å². The van der Waals surface area contributed by atoms with E-state index in [4.69, 9.17) is 5.26 Å². The van der Waals surface area contributed by atoms with E-state index in [9.17, 15) is 0 Å². The van der Waals surface area contributed by atoms with Crippen LogP contribution in [0.1, 0.15) is 32.6 Å². The Bertz CT molecular complexity index is 142. The summed E-state index contributed by atoms with van der Waals surface area (Å²) in [4.78, 5) is 0. The summed E-state index contributed by atoms with van der Waals surface area (Å²) in [5.74, 6) is 0. The Balaban J connectivity index is 2.18. The molecule has 1 fully saturated rings. The average molecular weight is 138 g/mol. The van der Waals surface area contributed by atoms with Crippen molar-refractivity contribution in [2.75, 3.05) is 6.54 Å². The molecule has 1 rings (SSSR count). The lowest BCUT2D eigenvalue weighted by Gasteiger charge is -2.12. The molecule has 0 aromatic rings. The van der Waals surface area contributed by atoms with Gasteiger partial charge >= 0.3 is 0 Å². The molecule has 10 heavy (non-hydrogen) atoms. The van der Waals surface area contributed by atoms with Crippen LogP contribution in [-0.2, 0) is 0 Å². The smallest absolute Gasteiger partial charge is 0.0622 e. The maximum atomic E-state index is 8.35. The molecule has 1 aliphatic rings. The van der Waals surface area contributed by atoms with Gasteiger partial charge in [0.25, 0.3) is 0 Å². The fraction of sp³-hybridized carbons (Fsp3) is 0.875. The summed E-state index contributed by atoms with van der Waals surface area (Å²) in [5, 5.41) is 11.8. The SMILES string of the molecule is CCNC1(CCC#N)CC1. The van der Waals surface area contributed by atoms with Crippen molar-refractivity contribution in [2.24, 2.45) is 0 Å². The fourth-order valence-electron chi connectivity index (χ4n) is 1.34. The van der Waals surface area contributed by atoms with Crippen molar-refractivity contribution >= 4 is 0 Å². The van der Waals surface area contributed by atoms with Gasteiger partial charge in [-0.25, -0.2) is 0 Å². The Hall–Kier alpha value is -0.550. The van der Waals surface area contributed by atoms with Gasteiger partial charge in [0.15, 0.2) is 0 Å². The number of hydrogen-bond donors (Lipinski definition) is 1. The molecule has 0 atom stereocenters. The van der Waals surface area contributed by atoms with Crippen molar-refractivity contribution in [1.29, 1.82) is 5.26 Å². The molecule has 1 N–H and O–H groups in total. The van der Waals surface area contributed by atoms with E-state index in [1.165, 1.54) is 12.8 Å². The van der Waals surface area contributed by atoms with Crippen molar-refractivity contribution in [2.45, 2.75) is 38.1 Å². The van der Waals surface area contributed by atoms with Crippen LogP contribution in [-0.4, -0.2) is 12.1 Å². The first kappa shape index (κ1) is 7.56. The third-order valence-corrected chi connectivity index (χ3v) is 2.12. The molecule has 0 aromatic carbocycles. The zero-order chi connectivity index (χ0) is 7.45. The van der Waals surface area contributed by atoms with Gasteiger partial charge in [-0.05, 0) is 25.8 Å². The largest absolute Gasteiger partial charge is 0.311 e. The summed E-state index contributed by atoms with van der Waals surface area (Å²) in [6.45, 7) is 3.15. The summed E-state index contributed by atoms with van der Waals surface area (Å²) in [5.41, 5.74) is 0.379. The number of nitriles is 1. The minimum atomic E-state index is 0.379. The summed E-state index contributed by atoms with van der Waals surface area (Å²) >= 11 is 0. The van der Waals surface area contributed by atoms with Crippen LogP contribution in [0.15, 0.2) is 0 Å². The van der Waals surface area contributed by atoms with Crippen LogP contribution in [0.3, 0.4) is 0 Å². The highest BCUT2D eigenvalue weighted by atomic mass is 15.0. The van der Waals surface area contributed by atoms with Crippen LogP contribution in [0.4, 0.5) is 0 Å². The zero-order valence-corrected chi connectivity index (χ0v) is 6.48. The molecular weight excluding hydrogens is 124 g/mol. The van der Waals surface area contributed by atoms with Gasteiger partial charge in [0, 0.05) is 12.0 Å². The van der Waals surface area contributed by atoms with E-state index >= 15 is 0 Å². The van der Waals surface area contributed by atoms with Crippen LogP contribution in [0.5, 0.6) is 0 Å². The molecule has 0 unspecified atom stereocenters. The van der Waals surface area contributed by atoms with Gasteiger partial charge in [-0.2, -0.15) is 5.26 Å². The predicted octanol–water partition coefficient (Wildman–Crippen LogP) is 1.43. The molecule has 1 aliphatic carbocycles. The molecule has 0 amide bonds. The van der Waals surface area contributed by atoms with E-state index < -0.39 is 0 Å². The molecule has 2 heteroatoms. The first-order valence-electron chi connectivity index (χ1n) is 3.95. The lowest BCUT2D eigenvalue weighted by molar-refractivity contribution is 0.484. The summed E-state index contributed by atoms with van der Waals surface area (Å²) in [7, 11) is 0. The number of nitrogens with one attached hydrogen (secondary N) is 1. The Kier molecular flexibility index (Phi) is 2.29. The number of nitrogens with zero attached hydrogens (tertiary/aromatic N) is 1. The van der Waals surface area contributed by atoms with Crippen molar-refractivity contribution in [3.8, 4) is 6.07 Å². The zero-order valence-electron chi connectivity index (χ0n) is 6.48. The highest BCUT2D eigenvalue weighted by Crippen LogP contribution is 2.39. The molecular formula is C8H14N2. The van der Waals surface area contributed by atoms with Gasteiger partial charge in [-0.3, -0.25) is 0 Å². The van der Waals surface area contributed by atoms with Crippen molar-refractivity contribution in [3.63, 3.8) is 0 Å². The van der Waals surface area contributed by atoms with E-state index in [1.807, 2.05) is 0 Å². The van der Waals surface area contributed by atoms with Crippen LogP contribution in [0.2, 0.25) is 0 Å². The number of rotatable bonds is 4. The molecule has 1 saturated carbocycles. The van der Waals surface area contributed by atoms with Gasteiger partial charge in [0.2, 0.25) is 0 Å². The molecule has 2 nitrogen and oxygen atoms in total. The van der Waals surface area contributed by atoms with Crippen LogP contribution < -0.4 is 5.32 Å². The van der Waals surface area contributed by atoms with Crippen molar-refractivity contribution in [1.82, 2.24) is 5.32 Å². The summed E-state index contributed by atoms with van der Waals surface area (Å²) in [6.07, 6.45) is 4.27. The van der Waals surface area contributed by atoms with Gasteiger partial charge in [-0.1, -0.05) is 6.92 Å². The summed E-state index contributed by atoms with van der Waals surface area (Å²) in [6, 6.07) is 2.18. The fourth-order valence-corrected chi connectivity index (χ4v) is 1.34. The van der Waals surface area contributed by atoms with E-state index in [2.05, 4.69) is 18.3 Å². The second-order valence-corrected chi connectivity index (χ2v) is 2.97. The maximum absolute atomic E-state index is 8.35. The average Bonchev–Trinajstić information content (AvgIpc) is 2.67. The lowest BCUT2D eigenvalue weighted by atomic mass is 10.1. The molecule has 0 bridgehead atoms. The second kappa shape index (κ2) is 3.03. The third-order valence-electron chi connectivity index (χ3n) is 2.12. The number of hydrogen-bond acceptors (Lipinski definition) is 2. The highest BCUT2D eigenvalue weighted by Gasteiger charge is 2.40. The van der Waals surface area contributed by atoms with Crippen LogP contribution in [0, 0.1) is 11.3 Å². The summed E-state index contributed by atoms with van der Waals surface area (Å²) < 4.78 is 0. The Morgan fingerprint density at radius 3 is 2.70 bits per heavy atom. The Morgan fingerprint density at radius 2 is 2.30 bits per heavy atom. The first-order valence-corrected chi connectivity index (χ1v) is 3.95. The maximum Gasteiger partial charge on any atom is 0.0622 e. The Morgan fingerprint density at radius 1 is 1.60 bits per heavy atom. The molecule has 0 spiro atoms. The highest BCUT2D eigenvalue weighted by molar-refractivity contribution is 5.02. The van der Waals surface area contributed by atoms with Crippen molar-refractivity contribution < 1.29 is 0 Å². The quantitative estimate of drug-likeness (QED) is 0.638. The van der Waals surface area contributed by atoms with Crippen LogP contribution >= 0.6 is 0 Å².